The Balaban J connectivity index is 2.93. The predicted molar refractivity (Wildman–Crippen MR) is 67.2 cm³/mol. The minimum absolute atomic E-state index is 0.0289. The maximum absolute atomic E-state index is 13.8. The highest BCUT2D eigenvalue weighted by molar-refractivity contribution is 5.67. The van der Waals surface area contributed by atoms with Crippen molar-refractivity contribution in [3.63, 3.8) is 0 Å². The highest BCUT2D eigenvalue weighted by Gasteiger charge is 2.14. The lowest BCUT2D eigenvalue weighted by Gasteiger charge is -2.12. The Labute approximate surface area is 106 Å². The number of aliphatic carboxylic acids is 1. The van der Waals surface area contributed by atoms with Gasteiger partial charge in [-0.3, -0.25) is 4.79 Å². The number of benzene rings is 1. The Morgan fingerprint density at radius 3 is 2.56 bits per heavy atom. The number of phenols is 1. The van der Waals surface area contributed by atoms with Gasteiger partial charge in [0, 0.05) is 6.42 Å². The Morgan fingerprint density at radius 2 is 2.00 bits per heavy atom. The number of hydrogen-bond acceptors (Lipinski definition) is 2. The number of rotatable bonds is 6. The molecule has 0 aromatic heterocycles. The van der Waals surface area contributed by atoms with Gasteiger partial charge in [0.15, 0.2) is 11.6 Å². The van der Waals surface area contributed by atoms with Crippen LogP contribution < -0.4 is 0 Å². The van der Waals surface area contributed by atoms with Gasteiger partial charge < -0.3 is 10.2 Å². The zero-order valence-corrected chi connectivity index (χ0v) is 10.7. The van der Waals surface area contributed by atoms with Crippen molar-refractivity contribution in [1.82, 2.24) is 0 Å². The van der Waals surface area contributed by atoms with Crippen LogP contribution in [-0.2, 0) is 17.6 Å². The molecule has 0 aliphatic carbocycles. The fourth-order valence-electron chi connectivity index (χ4n) is 1.83. The first kappa shape index (κ1) is 14.5. The van der Waals surface area contributed by atoms with Gasteiger partial charge >= 0.3 is 5.97 Å². The number of hydrogen-bond donors (Lipinski definition) is 2. The summed E-state index contributed by atoms with van der Waals surface area (Å²) in [6, 6.07) is 2.89. The molecule has 18 heavy (non-hydrogen) atoms. The van der Waals surface area contributed by atoms with Gasteiger partial charge in [0.2, 0.25) is 0 Å². The van der Waals surface area contributed by atoms with Crippen molar-refractivity contribution in [3.05, 3.63) is 29.1 Å². The number of carboxylic acid groups (broad SMARTS) is 1. The van der Waals surface area contributed by atoms with E-state index in [4.69, 9.17) is 5.11 Å². The molecule has 0 atom stereocenters. The van der Waals surface area contributed by atoms with Gasteiger partial charge in [0.25, 0.3) is 0 Å². The zero-order valence-electron chi connectivity index (χ0n) is 10.7. The fourth-order valence-corrected chi connectivity index (χ4v) is 1.83. The van der Waals surface area contributed by atoms with Crippen molar-refractivity contribution in [2.45, 2.75) is 39.5 Å². The van der Waals surface area contributed by atoms with E-state index in [1.807, 2.05) is 13.8 Å². The van der Waals surface area contributed by atoms with E-state index >= 15 is 0 Å². The third-order valence-electron chi connectivity index (χ3n) is 2.90. The highest BCUT2D eigenvalue weighted by Crippen LogP contribution is 2.26. The maximum atomic E-state index is 13.8. The van der Waals surface area contributed by atoms with Gasteiger partial charge in [0.1, 0.15) is 0 Å². The van der Waals surface area contributed by atoms with Crippen LogP contribution in [0.25, 0.3) is 0 Å². The Hall–Kier alpha value is -1.58. The molecule has 0 heterocycles. The minimum Gasteiger partial charge on any atom is -0.505 e. The molecule has 4 heteroatoms. The molecule has 0 aliphatic heterocycles. The van der Waals surface area contributed by atoms with Gasteiger partial charge in [-0.15, -0.1) is 0 Å². The first-order valence-electron chi connectivity index (χ1n) is 6.12. The lowest BCUT2D eigenvalue weighted by atomic mass is 9.95. The van der Waals surface area contributed by atoms with Crippen LogP contribution in [0.5, 0.6) is 5.75 Å². The summed E-state index contributed by atoms with van der Waals surface area (Å²) in [6.07, 6.45) is 1.59. The van der Waals surface area contributed by atoms with Crippen molar-refractivity contribution >= 4 is 5.97 Å². The second-order valence-corrected chi connectivity index (χ2v) is 4.86. The van der Waals surface area contributed by atoms with Crippen LogP contribution in [0.1, 0.15) is 37.8 Å². The Bertz CT molecular complexity index is 427. The van der Waals surface area contributed by atoms with Crippen molar-refractivity contribution in [2.24, 2.45) is 5.92 Å². The highest BCUT2D eigenvalue weighted by atomic mass is 19.1. The third kappa shape index (κ3) is 4.02. The van der Waals surface area contributed by atoms with Crippen molar-refractivity contribution in [1.29, 1.82) is 0 Å². The average molecular weight is 254 g/mol. The van der Waals surface area contributed by atoms with Crippen LogP contribution in [0, 0.1) is 11.7 Å². The topological polar surface area (TPSA) is 57.5 Å². The second-order valence-electron chi connectivity index (χ2n) is 4.86. The molecule has 0 bridgehead atoms. The summed E-state index contributed by atoms with van der Waals surface area (Å²) >= 11 is 0. The van der Waals surface area contributed by atoms with Gasteiger partial charge in [-0.1, -0.05) is 19.9 Å². The summed E-state index contributed by atoms with van der Waals surface area (Å²) in [5.74, 6) is -1.45. The van der Waals surface area contributed by atoms with E-state index in [0.29, 0.717) is 29.9 Å². The molecule has 0 amide bonds. The van der Waals surface area contributed by atoms with Crippen molar-refractivity contribution in [3.8, 4) is 5.75 Å². The molecular formula is C14H19FO3. The predicted octanol–water partition coefficient (Wildman–Crippen LogP) is 3.14. The van der Waals surface area contributed by atoms with Crippen LogP contribution in [0.4, 0.5) is 4.39 Å². The second kappa shape index (κ2) is 6.38. The Morgan fingerprint density at radius 1 is 1.33 bits per heavy atom. The number of carboxylic acids is 1. The van der Waals surface area contributed by atoms with Gasteiger partial charge in [0.05, 0.1) is 0 Å². The molecule has 0 aliphatic rings. The van der Waals surface area contributed by atoms with Crippen LogP contribution in [0.3, 0.4) is 0 Å². The standard InChI is InChI=1S/C14H19FO3/c1-9(2)3-6-11-10(5-8-13(17)18)4-7-12(16)14(11)15/h4,7,9,16H,3,5-6,8H2,1-2H3,(H,17,18). The summed E-state index contributed by atoms with van der Waals surface area (Å²) < 4.78 is 13.8. The summed E-state index contributed by atoms with van der Waals surface area (Å²) in [7, 11) is 0. The molecule has 0 spiro atoms. The smallest absolute Gasteiger partial charge is 0.303 e. The molecule has 0 unspecified atom stereocenters. The maximum Gasteiger partial charge on any atom is 0.303 e. The van der Waals surface area contributed by atoms with Crippen LogP contribution in [-0.4, -0.2) is 16.2 Å². The van der Waals surface area contributed by atoms with E-state index in [1.54, 1.807) is 6.07 Å². The quantitative estimate of drug-likeness (QED) is 0.820. The lowest BCUT2D eigenvalue weighted by Crippen LogP contribution is -2.04. The first-order chi connectivity index (χ1) is 8.41. The van der Waals surface area contributed by atoms with Gasteiger partial charge in [-0.05, 0) is 42.4 Å². The van der Waals surface area contributed by atoms with Crippen LogP contribution >= 0.6 is 0 Å². The monoisotopic (exact) mass is 254 g/mol. The summed E-state index contributed by atoms with van der Waals surface area (Å²) in [5, 5.41) is 18.0. The fraction of sp³-hybridized carbons (Fsp3) is 0.500. The summed E-state index contributed by atoms with van der Waals surface area (Å²) in [6.45, 7) is 4.08. The number of aromatic hydroxyl groups is 1. The van der Waals surface area contributed by atoms with E-state index in [2.05, 4.69) is 0 Å². The number of aryl methyl sites for hydroxylation is 1. The lowest BCUT2D eigenvalue weighted by molar-refractivity contribution is -0.136. The van der Waals surface area contributed by atoms with Crippen LogP contribution in [0.2, 0.25) is 0 Å². The molecule has 1 aromatic carbocycles. The number of phenolic OH excluding ortho intramolecular Hbond substituents is 1. The number of carbonyl (C=O) groups is 1. The molecule has 100 valence electrons. The average Bonchev–Trinajstić information content (AvgIpc) is 2.29. The van der Waals surface area contributed by atoms with E-state index in [-0.39, 0.29) is 12.2 Å². The minimum atomic E-state index is -0.904. The molecule has 2 N–H and O–H groups in total. The first-order valence-corrected chi connectivity index (χ1v) is 6.12. The van der Waals surface area contributed by atoms with Crippen LogP contribution in [0.15, 0.2) is 12.1 Å². The summed E-state index contributed by atoms with van der Waals surface area (Å²) in [5.41, 5.74) is 1.12. The zero-order chi connectivity index (χ0) is 13.7. The molecule has 1 rings (SSSR count). The normalized spacial score (nSPS) is 10.9. The van der Waals surface area contributed by atoms with Gasteiger partial charge in [-0.25, -0.2) is 4.39 Å². The van der Waals surface area contributed by atoms with E-state index in [1.165, 1.54) is 6.07 Å². The van der Waals surface area contributed by atoms with E-state index in [0.717, 1.165) is 6.42 Å². The summed E-state index contributed by atoms with van der Waals surface area (Å²) in [4.78, 5) is 10.6. The largest absolute Gasteiger partial charge is 0.505 e. The van der Waals surface area contributed by atoms with E-state index in [9.17, 15) is 14.3 Å². The third-order valence-corrected chi connectivity index (χ3v) is 2.90. The van der Waals surface area contributed by atoms with Gasteiger partial charge in [-0.2, -0.15) is 0 Å². The molecule has 0 fully saturated rings. The molecule has 0 radical (unpaired) electrons. The number of halogens is 1. The molecule has 0 saturated carbocycles. The van der Waals surface area contributed by atoms with E-state index < -0.39 is 11.8 Å². The molecular weight excluding hydrogens is 235 g/mol. The SMILES string of the molecule is CC(C)CCc1c(CCC(=O)O)ccc(O)c1F. The molecule has 3 nitrogen and oxygen atoms in total. The van der Waals surface area contributed by atoms with Crippen molar-refractivity contribution < 1.29 is 19.4 Å². The van der Waals surface area contributed by atoms with Crippen molar-refractivity contribution in [2.75, 3.05) is 0 Å². The molecule has 1 aromatic rings. The molecule has 0 saturated heterocycles. The Kier molecular flexibility index (Phi) is 5.13.